The van der Waals surface area contributed by atoms with E-state index in [-0.39, 0.29) is 18.0 Å². The summed E-state index contributed by atoms with van der Waals surface area (Å²) in [6.07, 6.45) is 34.1. The zero-order valence-electron chi connectivity index (χ0n) is 31.0. The number of hydrogen-bond acceptors (Lipinski definition) is 2. The first-order valence-corrected chi connectivity index (χ1v) is 20.3. The first-order chi connectivity index (χ1) is 21.9. The second kappa shape index (κ2) is 28.0. The van der Waals surface area contributed by atoms with E-state index in [2.05, 4.69) is 33.8 Å². The fourth-order valence-electron chi connectivity index (χ4n) is 6.90. The van der Waals surface area contributed by atoms with Gasteiger partial charge >= 0.3 is 5.97 Å². The van der Waals surface area contributed by atoms with Crippen LogP contribution in [0.1, 0.15) is 222 Å². The van der Waals surface area contributed by atoms with Crippen LogP contribution in [0, 0.1) is 13.8 Å². The van der Waals surface area contributed by atoms with Crippen LogP contribution >= 0.6 is 11.6 Å². The maximum Gasteiger partial charge on any atom is 0.313 e. The Balaban J connectivity index is 2.68. The molecule has 0 aliphatic rings. The van der Waals surface area contributed by atoms with E-state index in [9.17, 15) is 4.79 Å². The van der Waals surface area contributed by atoms with Gasteiger partial charge in [0.1, 0.15) is 0 Å². The van der Waals surface area contributed by atoms with Gasteiger partial charge in [-0.2, -0.15) is 0 Å². The maximum atomic E-state index is 13.6. The molecule has 0 bridgehead atoms. The molecule has 262 valence electrons. The Morgan fingerprint density at radius 1 is 0.622 bits per heavy atom. The second-order valence-electron chi connectivity index (χ2n) is 14.3. The number of alkyl halides is 1. The summed E-state index contributed by atoms with van der Waals surface area (Å²) in [5.74, 6) is 0.250. The van der Waals surface area contributed by atoms with Crippen molar-refractivity contribution in [1.29, 1.82) is 0 Å². The second-order valence-corrected chi connectivity index (χ2v) is 14.6. The number of hydrogen-bond donors (Lipinski definition) is 0. The van der Waals surface area contributed by atoms with Gasteiger partial charge in [0.2, 0.25) is 0 Å². The molecule has 3 heteroatoms. The van der Waals surface area contributed by atoms with Crippen LogP contribution in [0.15, 0.2) is 6.07 Å². The van der Waals surface area contributed by atoms with Crippen LogP contribution in [0.3, 0.4) is 0 Å². The van der Waals surface area contributed by atoms with Gasteiger partial charge in [-0.05, 0) is 74.8 Å². The highest BCUT2D eigenvalue weighted by Crippen LogP contribution is 2.34. The first kappa shape index (κ1) is 42.0. The number of carbonyl (C=O) groups is 1. The summed E-state index contributed by atoms with van der Waals surface area (Å²) in [5, 5.41) is 0. The summed E-state index contributed by atoms with van der Waals surface area (Å²) >= 11 is 6.44. The lowest BCUT2D eigenvalue weighted by Gasteiger charge is -2.25. The number of rotatable bonds is 30. The summed E-state index contributed by atoms with van der Waals surface area (Å²) in [7, 11) is 0. The van der Waals surface area contributed by atoms with Crippen molar-refractivity contribution in [3.63, 3.8) is 0 Å². The number of unbranched alkanes of at least 4 members (excludes halogenated alkanes) is 22. The van der Waals surface area contributed by atoms with Crippen LogP contribution in [0.4, 0.5) is 0 Å². The highest BCUT2D eigenvalue weighted by Gasteiger charge is 2.27. The normalized spacial score (nSPS) is 12.3. The van der Waals surface area contributed by atoms with E-state index in [0.717, 1.165) is 19.3 Å². The Bertz CT molecular complexity index is 861. The van der Waals surface area contributed by atoms with Crippen LogP contribution in [0.5, 0.6) is 0 Å². The predicted molar refractivity (Wildman–Crippen MR) is 200 cm³/mol. The average Bonchev–Trinajstić information content (AvgIpc) is 3.02. The third-order valence-electron chi connectivity index (χ3n) is 9.96. The Morgan fingerprint density at radius 3 is 1.42 bits per heavy atom. The van der Waals surface area contributed by atoms with Gasteiger partial charge in [-0.3, -0.25) is 4.79 Å². The molecule has 0 fully saturated rings. The van der Waals surface area contributed by atoms with Gasteiger partial charge < -0.3 is 4.74 Å². The van der Waals surface area contributed by atoms with Crippen LogP contribution in [-0.2, 0) is 21.8 Å². The molecule has 0 aliphatic heterocycles. The fraction of sp³-hybridized carbons (Fsp3) is 0.833. The van der Waals surface area contributed by atoms with E-state index in [4.69, 9.17) is 16.3 Å². The standard InChI is InChI=1S/C42H75ClO2/c1-7-9-11-13-15-17-19-21-23-25-27-29-31-39-37(6)36(5)38(34-43)33-41(39)40(42(44)45-35(3)4)32-30-28-26-24-22-20-18-16-14-12-10-8-2/h33,35,40H,7-32,34H2,1-6H3. The van der Waals surface area contributed by atoms with E-state index in [1.54, 1.807) is 0 Å². The highest BCUT2D eigenvalue weighted by molar-refractivity contribution is 6.17. The largest absolute Gasteiger partial charge is 0.463 e. The van der Waals surface area contributed by atoms with Crippen LogP contribution in [0.25, 0.3) is 0 Å². The van der Waals surface area contributed by atoms with Crippen molar-refractivity contribution in [1.82, 2.24) is 0 Å². The maximum absolute atomic E-state index is 13.6. The lowest BCUT2D eigenvalue weighted by atomic mass is 9.82. The van der Waals surface area contributed by atoms with Crippen LogP contribution < -0.4 is 0 Å². The Hall–Kier alpha value is -1.02. The smallest absolute Gasteiger partial charge is 0.313 e. The van der Waals surface area contributed by atoms with E-state index in [0.29, 0.717) is 5.88 Å². The van der Waals surface area contributed by atoms with Crippen molar-refractivity contribution in [2.75, 3.05) is 0 Å². The van der Waals surface area contributed by atoms with Gasteiger partial charge in [0.05, 0.1) is 12.0 Å². The van der Waals surface area contributed by atoms with Crippen molar-refractivity contribution in [3.8, 4) is 0 Å². The predicted octanol–water partition coefficient (Wildman–Crippen LogP) is 14.4. The van der Waals surface area contributed by atoms with Crippen molar-refractivity contribution in [2.45, 2.75) is 226 Å². The van der Waals surface area contributed by atoms with Gasteiger partial charge in [0, 0.05) is 5.88 Å². The third kappa shape index (κ3) is 19.4. The molecule has 0 aliphatic carbocycles. The molecule has 2 nitrogen and oxygen atoms in total. The first-order valence-electron chi connectivity index (χ1n) is 19.8. The van der Waals surface area contributed by atoms with Gasteiger partial charge in [0.25, 0.3) is 0 Å². The molecule has 0 radical (unpaired) electrons. The molecule has 1 rings (SSSR count). The Kier molecular flexibility index (Phi) is 26.2. The van der Waals surface area contributed by atoms with Gasteiger partial charge in [-0.1, -0.05) is 168 Å². The zero-order valence-corrected chi connectivity index (χ0v) is 31.8. The van der Waals surface area contributed by atoms with E-state index in [1.807, 2.05) is 13.8 Å². The summed E-state index contributed by atoms with van der Waals surface area (Å²) < 4.78 is 5.87. The summed E-state index contributed by atoms with van der Waals surface area (Å²) in [5.41, 5.74) is 6.38. The van der Waals surface area contributed by atoms with Gasteiger partial charge in [-0.15, -0.1) is 11.6 Å². The van der Waals surface area contributed by atoms with E-state index >= 15 is 0 Å². The number of carbonyl (C=O) groups excluding carboxylic acids is 1. The van der Waals surface area contributed by atoms with Crippen molar-refractivity contribution >= 4 is 17.6 Å². The molecule has 1 aromatic carbocycles. The minimum absolute atomic E-state index is 0.0483. The lowest BCUT2D eigenvalue weighted by Crippen LogP contribution is -2.22. The van der Waals surface area contributed by atoms with Gasteiger partial charge in [-0.25, -0.2) is 0 Å². The molecule has 0 N–H and O–H groups in total. The molecule has 0 saturated carbocycles. The number of ether oxygens (including phenoxy) is 1. The summed E-state index contributed by atoms with van der Waals surface area (Å²) in [6.45, 7) is 13.0. The highest BCUT2D eigenvalue weighted by atomic mass is 35.5. The summed E-state index contributed by atoms with van der Waals surface area (Å²) in [4.78, 5) is 13.6. The minimum atomic E-state index is -0.191. The topological polar surface area (TPSA) is 26.3 Å². The molecule has 0 amide bonds. The molecule has 0 heterocycles. The van der Waals surface area contributed by atoms with E-state index < -0.39 is 0 Å². The number of esters is 1. The average molecular weight is 648 g/mol. The van der Waals surface area contributed by atoms with Crippen LogP contribution in [-0.4, -0.2) is 12.1 Å². The van der Waals surface area contributed by atoms with Crippen LogP contribution in [0.2, 0.25) is 0 Å². The number of benzene rings is 1. The van der Waals surface area contributed by atoms with Crippen molar-refractivity contribution < 1.29 is 9.53 Å². The fourth-order valence-corrected chi connectivity index (χ4v) is 7.17. The molecule has 0 saturated heterocycles. The Morgan fingerprint density at radius 2 is 1.02 bits per heavy atom. The Labute approximate surface area is 286 Å². The van der Waals surface area contributed by atoms with E-state index in [1.165, 1.54) is 175 Å². The summed E-state index contributed by atoms with van der Waals surface area (Å²) in [6, 6.07) is 2.26. The molecular weight excluding hydrogens is 572 g/mol. The zero-order chi connectivity index (χ0) is 33.1. The molecule has 45 heavy (non-hydrogen) atoms. The molecular formula is C42H75ClO2. The quantitative estimate of drug-likeness (QED) is 0.0472. The van der Waals surface area contributed by atoms with Crippen molar-refractivity contribution in [3.05, 3.63) is 33.9 Å². The number of halogens is 1. The van der Waals surface area contributed by atoms with Gasteiger partial charge in [0.15, 0.2) is 0 Å². The lowest BCUT2D eigenvalue weighted by molar-refractivity contribution is -0.149. The third-order valence-corrected chi connectivity index (χ3v) is 10.2. The molecule has 1 aromatic rings. The minimum Gasteiger partial charge on any atom is -0.463 e. The molecule has 0 spiro atoms. The molecule has 1 unspecified atom stereocenters. The molecule has 0 aromatic heterocycles. The monoisotopic (exact) mass is 647 g/mol. The molecule has 1 atom stereocenters. The van der Waals surface area contributed by atoms with Crippen molar-refractivity contribution in [2.24, 2.45) is 0 Å². The SMILES string of the molecule is CCCCCCCCCCCCCCc1c(C(CCCCCCCCCCCCCC)C(=O)OC(C)C)cc(CCl)c(C)c1C.